The Morgan fingerprint density at radius 2 is 2.07 bits per heavy atom. The number of nitrogens with one attached hydrogen (secondary N) is 1. The molecule has 1 amide bonds. The Hall–Kier alpha value is -0.570. The van der Waals surface area contributed by atoms with Gasteiger partial charge in [0.15, 0.2) is 0 Å². The van der Waals surface area contributed by atoms with E-state index in [1.54, 1.807) is 6.92 Å². The highest BCUT2D eigenvalue weighted by Crippen LogP contribution is 2.26. The predicted octanol–water partition coefficient (Wildman–Crippen LogP) is 1.81. The molecule has 1 aliphatic carbocycles. The summed E-state index contributed by atoms with van der Waals surface area (Å²) in [6.45, 7) is 2.51. The van der Waals surface area contributed by atoms with Gasteiger partial charge in [0.2, 0.25) is 5.91 Å². The SMILES string of the molecule is C[C@H](N)C(=O)NCCCC1CCCCC1. The number of amides is 1. The summed E-state index contributed by atoms with van der Waals surface area (Å²) in [4.78, 5) is 11.2. The fourth-order valence-corrected chi connectivity index (χ4v) is 2.24. The zero-order valence-corrected chi connectivity index (χ0v) is 9.80. The first kappa shape index (κ1) is 12.5. The molecule has 0 aromatic heterocycles. The van der Waals surface area contributed by atoms with Gasteiger partial charge >= 0.3 is 0 Å². The molecule has 3 N–H and O–H groups in total. The molecule has 0 saturated heterocycles. The molecule has 88 valence electrons. The number of nitrogens with two attached hydrogens (primary N) is 1. The first-order valence-corrected chi connectivity index (χ1v) is 6.23. The molecule has 1 fully saturated rings. The quantitative estimate of drug-likeness (QED) is 0.683. The van der Waals surface area contributed by atoms with E-state index in [2.05, 4.69) is 5.32 Å². The Labute approximate surface area is 92.8 Å². The van der Waals surface area contributed by atoms with Crippen molar-refractivity contribution in [2.24, 2.45) is 11.7 Å². The molecule has 0 aromatic rings. The second-order valence-electron chi connectivity index (χ2n) is 4.73. The fraction of sp³-hybridized carbons (Fsp3) is 0.917. The van der Waals surface area contributed by atoms with Gasteiger partial charge in [-0.25, -0.2) is 0 Å². The summed E-state index contributed by atoms with van der Waals surface area (Å²) >= 11 is 0. The van der Waals surface area contributed by atoms with E-state index < -0.39 is 0 Å². The van der Waals surface area contributed by atoms with E-state index in [1.165, 1.54) is 38.5 Å². The van der Waals surface area contributed by atoms with Gasteiger partial charge in [0.1, 0.15) is 0 Å². The topological polar surface area (TPSA) is 55.1 Å². The smallest absolute Gasteiger partial charge is 0.236 e. The van der Waals surface area contributed by atoms with Crippen LogP contribution in [0.15, 0.2) is 0 Å². The van der Waals surface area contributed by atoms with Crippen molar-refractivity contribution in [3.8, 4) is 0 Å². The highest BCUT2D eigenvalue weighted by molar-refractivity contribution is 5.80. The van der Waals surface area contributed by atoms with E-state index in [0.717, 1.165) is 18.9 Å². The Balaban J connectivity index is 1.98. The van der Waals surface area contributed by atoms with E-state index in [4.69, 9.17) is 5.73 Å². The third-order valence-electron chi connectivity index (χ3n) is 3.23. The number of carbonyl (C=O) groups is 1. The lowest BCUT2D eigenvalue weighted by molar-refractivity contribution is -0.121. The first-order valence-electron chi connectivity index (χ1n) is 6.23. The van der Waals surface area contributed by atoms with Crippen LogP contribution in [0.5, 0.6) is 0 Å². The van der Waals surface area contributed by atoms with E-state index >= 15 is 0 Å². The highest BCUT2D eigenvalue weighted by Gasteiger charge is 2.13. The number of rotatable bonds is 5. The molecule has 1 rings (SSSR count). The molecule has 1 saturated carbocycles. The summed E-state index contributed by atoms with van der Waals surface area (Å²) < 4.78 is 0. The van der Waals surface area contributed by atoms with Gasteiger partial charge in [-0.1, -0.05) is 32.1 Å². The third kappa shape index (κ3) is 5.17. The minimum atomic E-state index is -0.375. The minimum Gasteiger partial charge on any atom is -0.355 e. The molecule has 0 heterocycles. The van der Waals surface area contributed by atoms with Crippen LogP contribution in [0.3, 0.4) is 0 Å². The Morgan fingerprint density at radius 1 is 1.40 bits per heavy atom. The molecule has 0 aromatic carbocycles. The normalized spacial score (nSPS) is 19.9. The van der Waals surface area contributed by atoms with E-state index in [1.807, 2.05) is 0 Å². The van der Waals surface area contributed by atoms with Crippen molar-refractivity contribution in [3.05, 3.63) is 0 Å². The molecule has 15 heavy (non-hydrogen) atoms. The van der Waals surface area contributed by atoms with E-state index in [-0.39, 0.29) is 11.9 Å². The van der Waals surface area contributed by atoms with Gasteiger partial charge in [-0.3, -0.25) is 4.79 Å². The average molecular weight is 212 g/mol. The Morgan fingerprint density at radius 3 is 2.67 bits per heavy atom. The standard InChI is InChI=1S/C12H24N2O/c1-10(13)12(15)14-9-5-8-11-6-3-2-4-7-11/h10-11H,2-9,13H2,1H3,(H,14,15)/t10-/m0/s1. The minimum absolute atomic E-state index is 0.0290. The summed E-state index contributed by atoms with van der Waals surface area (Å²) in [7, 11) is 0. The summed E-state index contributed by atoms with van der Waals surface area (Å²) in [6.07, 6.45) is 9.36. The van der Waals surface area contributed by atoms with Gasteiger partial charge in [-0.15, -0.1) is 0 Å². The lowest BCUT2D eigenvalue weighted by Gasteiger charge is -2.21. The maximum atomic E-state index is 11.2. The van der Waals surface area contributed by atoms with E-state index in [9.17, 15) is 4.79 Å². The lowest BCUT2D eigenvalue weighted by Crippen LogP contribution is -2.38. The molecular weight excluding hydrogens is 188 g/mol. The second-order valence-corrected chi connectivity index (χ2v) is 4.73. The fourth-order valence-electron chi connectivity index (χ4n) is 2.24. The van der Waals surface area contributed by atoms with Crippen molar-refractivity contribution in [3.63, 3.8) is 0 Å². The van der Waals surface area contributed by atoms with Crippen LogP contribution in [0.1, 0.15) is 51.9 Å². The lowest BCUT2D eigenvalue weighted by atomic mass is 9.86. The zero-order chi connectivity index (χ0) is 11.1. The molecule has 0 spiro atoms. The Bertz CT molecular complexity index is 186. The first-order chi connectivity index (χ1) is 7.20. The van der Waals surface area contributed by atoms with Crippen molar-refractivity contribution < 1.29 is 4.79 Å². The molecule has 0 bridgehead atoms. The summed E-state index contributed by atoms with van der Waals surface area (Å²) in [5.74, 6) is 0.879. The largest absolute Gasteiger partial charge is 0.355 e. The highest BCUT2D eigenvalue weighted by atomic mass is 16.2. The number of hydrogen-bond acceptors (Lipinski definition) is 2. The second kappa shape index (κ2) is 6.83. The van der Waals surface area contributed by atoms with Crippen LogP contribution >= 0.6 is 0 Å². The van der Waals surface area contributed by atoms with Crippen LogP contribution < -0.4 is 11.1 Å². The molecule has 1 aliphatic rings. The van der Waals surface area contributed by atoms with Gasteiger partial charge < -0.3 is 11.1 Å². The molecule has 1 atom stereocenters. The van der Waals surface area contributed by atoms with Crippen molar-refractivity contribution in [1.29, 1.82) is 0 Å². The maximum absolute atomic E-state index is 11.2. The van der Waals surface area contributed by atoms with Gasteiger partial charge in [0.25, 0.3) is 0 Å². The van der Waals surface area contributed by atoms with Gasteiger partial charge in [-0.05, 0) is 25.7 Å². The van der Waals surface area contributed by atoms with Gasteiger partial charge in [-0.2, -0.15) is 0 Å². The molecule has 0 radical (unpaired) electrons. The average Bonchev–Trinajstić information content (AvgIpc) is 2.25. The summed E-state index contributed by atoms with van der Waals surface area (Å²) in [5.41, 5.74) is 5.45. The summed E-state index contributed by atoms with van der Waals surface area (Å²) in [6, 6.07) is -0.375. The van der Waals surface area contributed by atoms with Crippen molar-refractivity contribution in [2.45, 2.75) is 57.9 Å². The molecular formula is C12H24N2O. The van der Waals surface area contributed by atoms with E-state index in [0.29, 0.717) is 0 Å². The van der Waals surface area contributed by atoms with Crippen molar-refractivity contribution in [2.75, 3.05) is 6.54 Å². The predicted molar refractivity (Wildman–Crippen MR) is 62.5 cm³/mol. The molecule has 3 nitrogen and oxygen atoms in total. The maximum Gasteiger partial charge on any atom is 0.236 e. The van der Waals surface area contributed by atoms with Crippen LogP contribution in [-0.4, -0.2) is 18.5 Å². The van der Waals surface area contributed by atoms with Crippen molar-refractivity contribution in [1.82, 2.24) is 5.32 Å². The van der Waals surface area contributed by atoms with Gasteiger partial charge in [0.05, 0.1) is 6.04 Å². The molecule has 0 unspecified atom stereocenters. The van der Waals surface area contributed by atoms with Crippen LogP contribution in [0.2, 0.25) is 0 Å². The number of hydrogen-bond donors (Lipinski definition) is 2. The van der Waals surface area contributed by atoms with Crippen LogP contribution in [0.4, 0.5) is 0 Å². The zero-order valence-electron chi connectivity index (χ0n) is 9.80. The van der Waals surface area contributed by atoms with Crippen LogP contribution in [0.25, 0.3) is 0 Å². The molecule has 3 heteroatoms. The monoisotopic (exact) mass is 212 g/mol. The molecule has 0 aliphatic heterocycles. The summed E-state index contributed by atoms with van der Waals surface area (Å²) in [5, 5.41) is 2.86. The Kier molecular flexibility index (Phi) is 5.69. The third-order valence-corrected chi connectivity index (χ3v) is 3.23. The van der Waals surface area contributed by atoms with Crippen LogP contribution in [-0.2, 0) is 4.79 Å². The number of carbonyl (C=O) groups excluding carboxylic acids is 1. The van der Waals surface area contributed by atoms with Crippen molar-refractivity contribution >= 4 is 5.91 Å². The van der Waals surface area contributed by atoms with Gasteiger partial charge in [0, 0.05) is 6.54 Å². The van der Waals surface area contributed by atoms with Crippen LogP contribution in [0, 0.1) is 5.92 Å².